The van der Waals surface area contributed by atoms with E-state index in [0.29, 0.717) is 0 Å². The van der Waals surface area contributed by atoms with Gasteiger partial charge in [0, 0.05) is 19.8 Å². The van der Waals surface area contributed by atoms with Crippen molar-refractivity contribution in [1.29, 1.82) is 0 Å². The summed E-state index contributed by atoms with van der Waals surface area (Å²) in [5, 5.41) is 0. The number of nitrogens with zero attached hydrogens (tertiary/aromatic N) is 1. The summed E-state index contributed by atoms with van der Waals surface area (Å²) in [5.74, 6) is 0. The van der Waals surface area contributed by atoms with E-state index in [2.05, 4.69) is 0 Å². The number of hydrogen-bond donors (Lipinski definition) is 0. The molecule has 0 unspecified atom stereocenters. The third kappa shape index (κ3) is 4.19. The third-order valence-corrected chi connectivity index (χ3v) is 6.39. The zero-order valence-corrected chi connectivity index (χ0v) is 14.9. The smallest absolute Gasteiger partial charge is 0.224 e. The van der Waals surface area contributed by atoms with Gasteiger partial charge in [-0.25, -0.2) is 16.8 Å². The highest BCUT2D eigenvalue weighted by atomic mass is 32.2. The Morgan fingerprint density at radius 2 is 1.48 bits per heavy atom. The SMILES string of the molecule is Cc1cccc(CN(C)S(=O)(=O)c2ccc(S(C)(=O)=O)cc2)c1. The van der Waals surface area contributed by atoms with Gasteiger partial charge in [-0.05, 0) is 36.8 Å². The van der Waals surface area contributed by atoms with Gasteiger partial charge in [-0.3, -0.25) is 0 Å². The van der Waals surface area contributed by atoms with Crippen LogP contribution in [-0.4, -0.2) is 34.4 Å². The Labute approximate surface area is 137 Å². The number of sulfone groups is 1. The number of hydrogen-bond acceptors (Lipinski definition) is 4. The standard InChI is InChI=1S/C16H19NO4S2/c1-13-5-4-6-14(11-13)12-17(2)23(20,21)16-9-7-15(8-10-16)22(3,18)19/h4-11H,12H2,1-3H3. The second kappa shape index (κ2) is 6.43. The van der Waals surface area contributed by atoms with Gasteiger partial charge in [0.2, 0.25) is 10.0 Å². The molecule has 0 heterocycles. The lowest BCUT2D eigenvalue weighted by molar-refractivity contribution is 0.466. The Hall–Kier alpha value is -1.70. The van der Waals surface area contributed by atoms with Crippen molar-refractivity contribution >= 4 is 19.9 Å². The van der Waals surface area contributed by atoms with Gasteiger partial charge in [0.1, 0.15) is 0 Å². The molecular formula is C16H19NO4S2. The van der Waals surface area contributed by atoms with Crippen LogP contribution in [0, 0.1) is 6.92 Å². The van der Waals surface area contributed by atoms with Gasteiger partial charge >= 0.3 is 0 Å². The van der Waals surface area contributed by atoms with E-state index in [9.17, 15) is 16.8 Å². The van der Waals surface area contributed by atoms with Crippen LogP contribution in [0.5, 0.6) is 0 Å². The molecule has 2 aromatic carbocycles. The molecule has 7 heteroatoms. The molecule has 0 N–H and O–H groups in total. The first-order valence-corrected chi connectivity index (χ1v) is 10.3. The van der Waals surface area contributed by atoms with Crippen molar-refractivity contribution in [2.75, 3.05) is 13.3 Å². The van der Waals surface area contributed by atoms with Gasteiger partial charge in [0.05, 0.1) is 9.79 Å². The van der Waals surface area contributed by atoms with Gasteiger partial charge in [0.25, 0.3) is 0 Å². The zero-order valence-electron chi connectivity index (χ0n) is 13.2. The first-order chi connectivity index (χ1) is 10.6. The maximum absolute atomic E-state index is 12.6. The van der Waals surface area contributed by atoms with Crippen LogP contribution in [0.2, 0.25) is 0 Å². The van der Waals surface area contributed by atoms with Crippen molar-refractivity contribution in [3.05, 3.63) is 59.7 Å². The molecule has 0 saturated heterocycles. The average molecular weight is 353 g/mol. The van der Waals surface area contributed by atoms with Crippen LogP contribution in [0.4, 0.5) is 0 Å². The third-order valence-electron chi connectivity index (χ3n) is 3.45. The lowest BCUT2D eigenvalue weighted by atomic mass is 10.1. The predicted molar refractivity (Wildman–Crippen MR) is 89.4 cm³/mol. The lowest BCUT2D eigenvalue weighted by Gasteiger charge is -2.17. The summed E-state index contributed by atoms with van der Waals surface area (Å²) < 4.78 is 49.2. The van der Waals surface area contributed by atoms with Crippen molar-refractivity contribution in [2.45, 2.75) is 23.3 Å². The van der Waals surface area contributed by atoms with E-state index < -0.39 is 19.9 Å². The van der Waals surface area contributed by atoms with E-state index >= 15 is 0 Å². The number of rotatable bonds is 5. The second-order valence-corrected chi connectivity index (χ2v) is 9.55. The summed E-state index contributed by atoms with van der Waals surface area (Å²) in [5.41, 5.74) is 1.95. The fourth-order valence-corrected chi connectivity index (χ4v) is 3.98. The molecule has 0 fully saturated rings. The Kier molecular flexibility index (Phi) is 4.93. The van der Waals surface area contributed by atoms with Gasteiger partial charge in [-0.1, -0.05) is 29.8 Å². The summed E-state index contributed by atoms with van der Waals surface area (Å²) in [7, 11) is -5.52. The maximum Gasteiger partial charge on any atom is 0.243 e. The first-order valence-electron chi connectivity index (χ1n) is 6.93. The van der Waals surface area contributed by atoms with Crippen molar-refractivity contribution in [1.82, 2.24) is 4.31 Å². The van der Waals surface area contributed by atoms with E-state index in [1.807, 2.05) is 31.2 Å². The second-order valence-electron chi connectivity index (χ2n) is 5.49. The fraction of sp³-hybridized carbons (Fsp3) is 0.250. The molecule has 0 atom stereocenters. The van der Waals surface area contributed by atoms with Crippen LogP contribution >= 0.6 is 0 Å². The summed E-state index contributed by atoms with van der Waals surface area (Å²) >= 11 is 0. The topological polar surface area (TPSA) is 71.5 Å². The molecule has 0 saturated carbocycles. The van der Waals surface area contributed by atoms with Gasteiger partial charge in [-0.15, -0.1) is 0 Å². The molecule has 2 aromatic rings. The average Bonchev–Trinajstić information content (AvgIpc) is 2.46. The van der Waals surface area contributed by atoms with Crippen molar-refractivity contribution < 1.29 is 16.8 Å². The summed E-state index contributed by atoms with van der Waals surface area (Å²) in [6, 6.07) is 12.9. The molecule has 0 amide bonds. The highest BCUT2D eigenvalue weighted by Crippen LogP contribution is 2.19. The van der Waals surface area contributed by atoms with Crippen LogP contribution in [0.15, 0.2) is 58.3 Å². The molecule has 0 radical (unpaired) electrons. The number of aryl methyl sites for hydroxylation is 1. The van der Waals surface area contributed by atoms with Crippen LogP contribution in [0.1, 0.15) is 11.1 Å². The Bertz CT molecular complexity index is 901. The van der Waals surface area contributed by atoms with E-state index in [1.165, 1.54) is 35.6 Å². The van der Waals surface area contributed by atoms with Crippen molar-refractivity contribution in [3.63, 3.8) is 0 Å². The molecule has 23 heavy (non-hydrogen) atoms. The minimum absolute atomic E-state index is 0.0695. The normalized spacial score (nSPS) is 12.5. The molecule has 0 aliphatic rings. The van der Waals surface area contributed by atoms with E-state index in [1.54, 1.807) is 0 Å². The quantitative estimate of drug-likeness (QED) is 0.826. The highest BCUT2D eigenvalue weighted by molar-refractivity contribution is 7.90. The number of sulfonamides is 1. The van der Waals surface area contributed by atoms with Crippen LogP contribution in [0.25, 0.3) is 0 Å². The van der Waals surface area contributed by atoms with Gasteiger partial charge < -0.3 is 0 Å². The minimum Gasteiger partial charge on any atom is -0.224 e. The monoisotopic (exact) mass is 353 g/mol. The van der Waals surface area contributed by atoms with E-state index in [0.717, 1.165) is 17.4 Å². The summed E-state index contributed by atoms with van der Waals surface area (Å²) in [6.45, 7) is 2.19. The lowest BCUT2D eigenvalue weighted by Crippen LogP contribution is -2.26. The van der Waals surface area contributed by atoms with Crippen molar-refractivity contribution in [3.8, 4) is 0 Å². The van der Waals surface area contributed by atoms with Crippen LogP contribution in [0.3, 0.4) is 0 Å². The van der Waals surface area contributed by atoms with Crippen LogP contribution in [-0.2, 0) is 26.4 Å². The zero-order chi connectivity index (χ0) is 17.3. The number of benzene rings is 2. The Balaban J connectivity index is 2.27. The Morgan fingerprint density at radius 1 is 0.913 bits per heavy atom. The molecular weight excluding hydrogens is 334 g/mol. The minimum atomic E-state index is -3.67. The summed E-state index contributed by atoms with van der Waals surface area (Å²) in [6.07, 6.45) is 1.08. The molecule has 0 aromatic heterocycles. The van der Waals surface area contributed by atoms with E-state index in [-0.39, 0.29) is 16.3 Å². The van der Waals surface area contributed by atoms with E-state index in [4.69, 9.17) is 0 Å². The maximum atomic E-state index is 12.6. The highest BCUT2D eigenvalue weighted by Gasteiger charge is 2.21. The fourth-order valence-electron chi connectivity index (χ4n) is 2.19. The largest absolute Gasteiger partial charge is 0.243 e. The Morgan fingerprint density at radius 3 is 2.00 bits per heavy atom. The molecule has 0 aliphatic heterocycles. The van der Waals surface area contributed by atoms with Crippen LogP contribution < -0.4 is 0 Å². The molecule has 2 rings (SSSR count). The molecule has 0 spiro atoms. The van der Waals surface area contributed by atoms with Crippen molar-refractivity contribution in [2.24, 2.45) is 0 Å². The first kappa shape index (κ1) is 17.7. The molecule has 124 valence electrons. The summed E-state index contributed by atoms with van der Waals surface area (Å²) in [4.78, 5) is 0.165. The van der Waals surface area contributed by atoms with Gasteiger partial charge in [-0.2, -0.15) is 4.31 Å². The van der Waals surface area contributed by atoms with Gasteiger partial charge in [0.15, 0.2) is 9.84 Å². The molecule has 0 bridgehead atoms. The molecule has 5 nitrogen and oxygen atoms in total. The molecule has 0 aliphatic carbocycles. The predicted octanol–water partition coefficient (Wildman–Crippen LogP) is 2.22.